The quantitative estimate of drug-likeness (QED) is 0.501. The zero-order valence-electron chi connectivity index (χ0n) is 15.0. The van der Waals surface area contributed by atoms with E-state index in [4.69, 9.17) is 0 Å². The Hall–Kier alpha value is -1.59. The third kappa shape index (κ3) is 4.71. The molecule has 0 aromatic heterocycles. The van der Waals surface area contributed by atoms with Gasteiger partial charge in [0, 0.05) is 6.04 Å². The molecule has 1 aliphatic heterocycles. The molecule has 2 rings (SSSR count). The lowest BCUT2D eigenvalue weighted by Crippen LogP contribution is -2.46. The van der Waals surface area contributed by atoms with Crippen LogP contribution in [0.4, 0.5) is 4.79 Å². The maximum Gasteiger partial charge on any atom is 0.325 e. The summed E-state index contributed by atoms with van der Waals surface area (Å²) in [5.74, 6) is -0.512. The number of urea groups is 1. The van der Waals surface area contributed by atoms with E-state index in [0.717, 1.165) is 49.8 Å². The summed E-state index contributed by atoms with van der Waals surface area (Å²) in [6.45, 7) is 3.76. The Morgan fingerprint density at radius 3 is 2.54 bits per heavy atom. The number of hydrogen-bond acceptors (Lipinski definition) is 3. The van der Waals surface area contributed by atoms with Crippen LogP contribution in [-0.2, 0) is 9.59 Å². The first-order chi connectivity index (χ1) is 11.5. The first-order valence-electron chi connectivity index (χ1n) is 9.40. The zero-order chi connectivity index (χ0) is 17.6. The van der Waals surface area contributed by atoms with Crippen LogP contribution in [0.5, 0.6) is 0 Å². The second kappa shape index (κ2) is 8.49. The predicted octanol–water partition coefficient (Wildman–Crippen LogP) is 2.72. The van der Waals surface area contributed by atoms with E-state index >= 15 is 0 Å². The van der Waals surface area contributed by atoms with Crippen LogP contribution in [-0.4, -0.2) is 40.9 Å². The van der Waals surface area contributed by atoms with Crippen molar-refractivity contribution in [2.75, 3.05) is 6.54 Å². The van der Waals surface area contributed by atoms with Crippen LogP contribution >= 0.6 is 0 Å². The van der Waals surface area contributed by atoms with Gasteiger partial charge in [0.2, 0.25) is 5.91 Å². The monoisotopic (exact) mass is 337 g/mol. The Bertz CT molecular complexity index is 474. The predicted molar refractivity (Wildman–Crippen MR) is 92.4 cm³/mol. The molecule has 136 valence electrons. The van der Waals surface area contributed by atoms with Crippen LogP contribution in [0.15, 0.2) is 0 Å². The summed E-state index contributed by atoms with van der Waals surface area (Å²) in [6.07, 6.45) is 10.4. The minimum Gasteiger partial charge on any atom is -0.352 e. The summed E-state index contributed by atoms with van der Waals surface area (Å²) in [7, 11) is 0. The summed E-state index contributed by atoms with van der Waals surface area (Å²) < 4.78 is 0. The lowest BCUT2D eigenvalue weighted by atomic mass is 9.94. The fourth-order valence-electron chi connectivity index (χ4n) is 3.63. The second-order valence-electron chi connectivity index (χ2n) is 7.37. The molecule has 2 fully saturated rings. The van der Waals surface area contributed by atoms with Crippen LogP contribution in [0.25, 0.3) is 0 Å². The number of nitrogens with one attached hydrogen (secondary N) is 2. The highest BCUT2D eigenvalue weighted by Crippen LogP contribution is 2.24. The third-order valence-electron chi connectivity index (χ3n) is 5.15. The molecule has 1 aliphatic carbocycles. The van der Waals surface area contributed by atoms with Gasteiger partial charge in [-0.15, -0.1) is 0 Å². The maximum atomic E-state index is 12.6. The van der Waals surface area contributed by atoms with Crippen LogP contribution < -0.4 is 10.6 Å². The SMILES string of the molecule is CCCCCCC[C@]1(C)NC(=O)N(CC(=O)NC2CCCC2)C1=O. The molecular formula is C18H31N3O3. The van der Waals surface area contributed by atoms with Crippen LogP contribution in [0.3, 0.4) is 0 Å². The lowest BCUT2D eigenvalue weighted by molar-refractivity contribution is -0.135. The van der Waals surface area contributed by atoms with Gasteiger partial charge in [0.25, 0.3) is 5.91 Å². The number of hydrogen-bond donors (Lipinski definition) is 2. The summed E-state index contributed by atoms with van der Waals surface area (Å²) in [6, 6.07) is -0.249. The average Bonchev–Trinajstić information content (AvgIpc) is 3.10. The number of carbonyl (C=O) groups excluding carboxylic acids is 3. The van der Waals surface area contributed by atoms with Crippen molar-refractivity contribution < 1.29 is 14.4 Å². The molecule has 24 heavy (non-hydrogen) atoms. The summed E-state index contributed by atoms with van der Waals surface area (Å²) in [4.78, 5) is 37.9. The molecule has 0 aromatic rings. The molecular weight excluding hydrogens is 306 g/mol. The Balaban J connectivity index is 1.82. The van der Waals surface area contributed by atoms with Crippen LogP contribution in [0.2, 0.25) is 0 Å². The second-order valence-corrected chi connectivity index (χ2v) is 7.37. The van der Waals surface area contributed by atoms with E-state index in [1.54, 1.807) is 6.92 Å². The number of unbranched alkanes of at least 4 members (excludes halogenated alkanes) is 4. The molecule has 4 amide bonds. The molecule has 1 saturated heterocycles. The average molecular weight is 337 g/mol. The summed E-state index contributed by atoms with van der Waals surface area (Å²) in [5, 5.41) is 5.71. The van der Waals surface area contributed by atoms with Crippen molar-refractivity contribution in [2.45, 2.75) is 89.6 Å². The standard InChI is InChI=1S/C18H31N3O3/c1-3-4-5-6-9-12-18(2)16(23)21(17(24)20-18)13-15(22)19-14-10-7-8-11-14/h14H,3-13H2,1-2H3,(H,19,22)(H,20,24)/t18-/m0/s1. The van der Waals surface area contributed by atoms with Gasteiger partial charge < -0.3 is 10.6 Å². The molecule has 1 atom stereocenters. The number of carbonyl (C=O) groups is 3. The van der Waals surface area contributed by atoms with E-state index in [-0.39, 0.29) is 24.4 Å². The molecule has 0 spiro atoms. The van der Waals surface area contributed by atoms with Crippen LogP contribution in [0, 0.1) is 0 Å². The van der Waals surface area contributed by atoms with E-state index < -0.39 is 11.6 Å². The highest BCUT2D eigenvalue weighted by Gasteiger charge is 2.47. The molecule has 0 unspecified atom stereocenters. The highest BCUT2D eigenvalue weighted by molar-refractivity contribution is 6.08. The van der Waals surface area contributed by atoms with E-state index in [2.05, 4.69) is 17.6 Å². The molecule has 1 saturated carbocycles. The molecule has 2 aliphatic rings. The largest absolute Gasteiger partial charge is 0.352 e. The zero-order valence-corrected chi connectivity index (χ0v) is 15.0. The number of imide groups is 1. The molecule has 1 heterocycles. The van der Waals surface area contributed by atoms with Crippen molar-refractivity contribution in [3.05, 3.63) is 0 Å². The van der Waals surface area contributed by atoms with Gasteiger partial charge in [-0.1, -0.05) is 51.9 Å². The Morgan fingerprint density at radius 2 is 1.88 bits per heavy atom. The Kier molecular flexibility index (Phi) is 6.63. The Labute approximate surface area is 144 Å². The topological polar surface area (TPSA) is 78.5 Å². The van der Waals surface area contributed by atoms with Gasteiger partial charge in [-0.05, 0) is 26.2 Å². The van der Waals surface area contributed by atoms with Gasteiger partial charge in [-0.2, -0.15) is 0 Å². The smallest absolute Gasteiger partial charge is 0.325 e. The Morgan fingerprint density at radius 1 is 1.21 bits per heavy atom. The third-order valence-corrected chi connectivity index (χ3v) is 5.15. The molecule has 6 nitrogen and oxygen atoms in total. The summed E-state index contributed by atoms with van der Waals surface area (Å²) in [5.41, 5.74) is -0.864. The molecule has 6 heteroatoms. The van der Waals surface area contributed by atoms with Crippen molar-refractivity contribution >= 4 is 17.8 Å². The number of nitrogens with zero attached hydrogens (tertiary/aromatic N) is 1. The first kappa shape index (κ1) is 18.7. The van der Waals surface area contributed by atoms with Gasteiger partial charge in [0.1, 0.15) is 12.1 Å². The normalized spacial score (nSPS) is 24.5. The number of rotatable bonds is 9. The van der Waals surface area contributed by atoms with Gasteiger partial charge in [0.15, 0.2) is 0 Å². The maximum absolute atomic E-state index is 12.6. The fourth-order valence-corrected chi connectivity index (χ4v) is 3.63. The van der Waals surface area contributed by atoms with Crippen molar-refractivity contribution in [3.63, 3.8) is 0 Å². The van der Waals surface area contributed by atoms with E-state index in [1.165, 1.54) is 12.8 Å². The van der Waals surface area contributed by atoms with Crippen molar-refractivity contribution in [3.8, 4) is 0 Å². The number of amides is 4. The van der Waals surface area contributed by atoms with Crippen molar-refractivity contribution in [2.24, 2.45) is 0 Å². The van der Waals surface area contributed by atoms with E-state index in [1.807, 2.05) is 0 Å². The van der Waals surface area contributed by atoms with Gasteiger partial charge in [-0.3, -0.25) is 14.5 Å². The molecule has 0 aromatic carbocycles. The fraction of sp³-hybridized carbons (Fsp3) is 0.833. The minimum atomic E-state index is -0.864. The van der Waals surface area contributed by atoms with Crippen molar-refractivity contribution in [1.29, 1.82) is 0 Å². The van der Waals surface area contributed by atoms with Crippen LogP contribution in [0.1, 0.15) is 78.1 Å². The van der Waals surface area contributed by atoms with Gasteiger partial charge in [0.05, 0.1) is 0 Å². The van der Waals surface area contributed by atoms with Gasteiger partial charge >= 0.3 is 6.03 Å². The van der Waals surface area contributed by atoms with Crippen molar-refractivity contribution in [1.82, 2.24) is 15.5 Å². The molecule has 2 N–H and O–H groups in total. The lowest BCUT2D eigenvalue weighted by Gasteiger charge is -2.21. The van der Waals surface area contributed by atoms with E-state index in [0.29, 0.717) is 6.42 Å². The van der Waals surface area contributed by atoms with E-state index in [9.17, 15) is 14.4 Å². The molecule has 0 radical (unpaired) electrons. The molecule has 0 bridgehead atoms. The first-order valence-corrected chi connectivity index (χ1v) is 9.40. The summed E-state index contributed by atoms with van der Waals surface area (Å²) >= 11 is 0. The minimum absolute atomic E-state index is 0.174. The van der Waals surface area contributed by atoms with Gasteiger partial charge in [-0.25, -0.2) is 4.79 Å². The highest BCUT2D eigenvalue weighted by atomic mass is 16.2.